The third kappa shape index (κ3) is 3.51. The largest absolute Gasteiger partial charge is 0.478 e. The van der Waals surface area contributed by atoms with Gasteiger partial charge in [-0.3, -0.25) is 4.68 Å². The van der Waals surface area contributed by atoms with Crippen molar-refractivity contribution >= 4 is 5.97 Å². The zero-order valence-corrected chi connectivity index (χ0v) is 12.9. The van der Waals surface area contributed by atoms with E-state index in [1.807, 2.05) is 43.1 Å². The SMILES string of the molecule is CCCCCn1cc(-c2cc(C)c(C(=O)O)c(C)c2)cn1. The summed E-state index contributed by atoms with van der Waals surface area (Å²) < 4.78 is 1.96. The highest BCUT2D eigenvalue weighted by Crippen LogP contribution is 2.25. The number of aromatic nitrogens is 2. The van der Waals surface area contributed by atoms with Gasteiger partial charge in [0, 0.05) is 18.3 Å². The topological polar surface area (TPSA) is 55.1 Å². The zero-order valence-electron chi connectivity index (χ0n) is 12.9. The molecule has 1 N–H and O–H groups in total. The number of rotatable bonds is 6. The lowest BCUT2D eigenvalue weighted by Crippen LogP contribution is -2.03. The predicted octanol–water partition coefficient (Wildman–Crippen LogP) is 4.06. The first-order valence-electron chi connectivity index (χ1n) is 7.40. The second-order valence-electron chi connectivity index (χ2n) is 5.49. The average Bonchev–Trinajstić information content (AvgIpc) is 2.86. The molecular formula is C17H22N2O2. The van der Waals surface area contributed by atoms with Gasteiger partial charge in [0.2, 0.25) is 0 Å². The molecule has 21 heavy (non-hydrogen) atoms. The van der Waals surface area contributed by atoms with Crippen LogP contribution in [-0.4, -0.2) is 20.9 Å². The molecule has 0 aliphatic heterocycles. The van der Waals surface area contributed by atoms with Crippen LogP contribution in [0.25, 0.3) is 11.1 Å². The number of hydrogen-bond donors (Lipinski definition) is 1. The summed E-state index contributed by atoms with van der Waals surface area (Å²) in [5.41, 5.74) is 4.04. The molecule has 1 aromatic heterocycles. The van der Waals surface area contributed by atoms with Crippen LogP contribution in [0.5, 0.6) is 0 Å². The molecule has 0 atom stereocenters. The molecule has 0 aliphatic rings. The molecule has 2 aromatic rings. The second-order valence-corrected chi connectivity index (χ2v) is 5.49. The lowest BCUT2D eigenvalue weighted by molar-refractivity contribution is 0.0695. The third-order valence-corrected chi connectivity index (χ3v) is 3.70. The molecule has 0 aliphatic carbocycles. The van der Waals surface area contributed by atoms with Gasteiger partial charge < -0.3 is 5.11 Å². The number of benzene rings is 1. The third-order valence-electron chi connectivity index (χ3n) is 3.70. The average molecular weight is 286 g/mol. The molecule has 4 heteroatoms. The zero-order chi connectivity index (χ0) is 15.4. The fourth-order valence-corrected chi connectivity index (χ4v) is 2.63. The number of carbonyl (C=O) groups is 1. The van der Waals surface area contributed by atoms with E-state index in [-0.39, 0.29) is 0 Å². The minimum absolute atomic E-state index is 0.397. The van der Waals surface area contributed by atoms with Gasteiger partial charge in [0.25, 0.3) is 0 Å². The molecule has 1 aromatic carbocycles. The molecule has 0 radical (unpaired) electrons. The van der Waals surface area contributed by atoms with Crippen LogP contribution in [-0.2, 0) is 6.54 Å². The van der Waals surface area contributed by atoms with Crippen molar-refractivity contribution in [3.63, 3.8) is 0 Å². The summed E-state index contributed by atoms with van der Waals surface area (Å²) in [6.07, 6.45) is 7.42. The minimum atomic E-state index is -0.869. The van der Waals surface area contributed by atoms with Crippen molar-refractivity contribution in [1.82, 2.24) is 9.78 Å². The van der Waals surface area contributed by atoms with E-state index in [9.17, 15) is 9.90 Å². The van der Waals surface area contributed by atoms with E-state index in [4.69, 9.17) is 0 Å². The Labute approximate surface area is 125 Å². The number of nitrogens with zero attached hydrogens (tertiary/aromatic N) is 2. The number of carboxylic acids is 1. The predicted molar refractivity (Wildman–Crippen MR) is 83.6 cm³/mol. The van der Waals surface area contributed by atoms with Crippen LogP contribution >= 0.6 is 0 Å². The first kappa shape index (κ1) is 15.3. The minimum Gasteiger partial charge on any atom is -0.478 e. The Morgan fingerprint density at radius 3 is 2.43 bits per heavy atom. The normalized spacial score (nSPS) is 10.8. The van der Waals surface area contributed by atoms with Crippen molar-refractivity contribution < 1.29 is 9.90 Å². The van der Waals surface area contributed by atoms with Gasteiger partial charge in [0.05, 0.1) is 11.8 Å². The van der Waals surface area contributed by atoms with Crippen LogP contribution in [0.3, 0.4) is 0 Å². The molecule has 2 rings (SSSR count). The molecule has 0 bridgehead atoms. The van der Waals surface area contributed by atoms with E-state index >= 15 is 0 Å². The Balaban J connectivity index is 2.24. The molecule has 0 amide bonds. The van der Waals surface area contributed by atoms with Crippen molar-refractivity contribution in [3.05, 3.63) is 41.2 Å². The highest BCUT2D eigenvalue weighted by atomic mass is 16.4. The van der Waals surface area contributed by atoms with E-state index in [0.29, 0.717) is 5.56 Å². The van der Waals surface area contributed by atoms with E-state index < -0.39 is 5.97 Å². The number of unbranched alkanes of at least 4 members (excludes halogenated alkanes) is 2. The quantitative estimate of drug-likeness (QED) is 0.815. The van der Waals surface area contributed by atoms with Crippen molar-refractivity contribution in [2.24, 2.45) is 0 Å². The summed E-state index contributed by atoms with van der Waals surface area (Å²) >= 11 is 0. The van der Waals surface area contributed by atoms with E-state index in [1.165, 1.54) is 12.8 Å². The Bertz CT molecular complexity index is 621. The number of aryl methyl sites for hydroxylation is 3. The molecule has 0 fully saturated rings. The number of aromatic carboxylic acids is 1. The van der Waals surface area contributed by atoms with Crippen LogP contribution in [0.15, 0.2) is 24.5 Å². The van der Waals surface area contributed by atoms with Gasteiger partial charge in [0.1, 0.15) is 0 Å². The van der Waals surface area contributed by atoms with Crippen LogP contribution < -0.4 is 0 Å². The standard InChI is InChI=1S/C17H22N2O2/c1-4-5-6-7-19-11-15(10-18-19)14-8-12(2)16(17(20)21)13(3)9-14/h8-11H,4-7H2,1-3H3,(H,20,21). The fraction of sp³-hybridized carbons (Fsp3) is 0.412. The first-order chi connectivity index (χ1) is 10.0. The highest BCUT2D eigenvalue weighted by Gasteiger charge is 2.13. The van der Waals surface area contributed by atoms with Crippen LogP contribution in [0.1, 0.15) is 47.7 Å². The van der Waals surface area contributed by atoms with Crippen molar-refractivity contribution in [3.8, 4) is 11.1 Å². The Kier molecular flexibility index (Phi) is 4.78. The summed E-state index contributed by atoms with van der Waals surface area (Å²) in [5, 5.41) is 13.6. The Hall–Kier alpha value is -2.10. The van der Waals surface area contributed by atoms with Crippen LogP contribution in [0.2, 0.25) is 0 Å². The highest BCUT2D eigenvalue weighted by molar-refractivity contribution is 5.92. The molecular weight excluding hydrogens is 264 g/mol. The summed E-state index contributed by atoms with van der Waals surface area (Å²) in [5.74, 6) is -0.869. The van der Waals surface area contributed by atoms with Gasteiger partial charge >= 0.3 is 5.97 Å². The molecule has 1 heterocycles. The van der Waals surface area contributed by atoms with Crippen molar-refractivity contribution in [2.45, 2.75) is 46.6 Å². The summed E-state index contributed by atoms with van der Waals surface area (Å²) in [7, 11) is 0. The van der Waals surface area contributed by atoms with Gasteiger partial charge in [-0.15, -0.1) is 0 Å². The monoisotopic (exact) mass is 286 g/mol. The maximum Gasteiger partial charge on any atom is 0.336 e. The van der Waals surface area contributed by atoms with Gasteiger partial charge in [-0.05, 0) is 37.0 Å². The van der Waals surface area contributed by atoms with Gasteiger partial charge in [0.15, 0.2) is 0 Å². The van der Waals surface area contributed by atoms with Gasteiger partial charge in [-0.25, -0.2) is 4.79 Å². The lowest BCUT2D eigenvalue weighted by atomic mass is 9.97. The van der Waals surface area contributed by atoms with Gasteiger partial charge in [-0.2, -0.15) is 5.10 Å². The van der Waals surface area contributed by atoms with Crippen molar-refractivity contribution in [2.75, 3.05) is 0 Å². The van der Waals surface area contributed by atoms with E-state index in [0.717, 1.165) is 35.2 Å². The molecule has 0 unspecified atom stereocenters. The Morgan fingerprint density at radius 2 is 1.86 bits per heavy atom. The molecule has 0 saturated heterocycles. The summed E-state index contributed by atoms with van der Waals surface area (Å²) in [6, 6.07) is 3.84. The van der Waals surface area contributed by atoms with Crippen molar-refractivity contribution in [1.29, 1.82) is 0 Å². The molecule has 112 valence electrons. The summed E-state index contributed by atoms with van der Waals surface area (Å²) in [4.78, 5) is 11.2. The first-order valence-corrected chi connectivity index (χ1v) is 7.40. The second kappa shape index (κ2) is 6.57. The fourth-order valence-electron chi connectivity index (χ4n) is 2.63. The number of carboxylic acid groups (broad SMARTS) is 1. The molecule has 0 saturated carbocycles. The smallest absolute Gasteiger partial charge is 0.336 e. The maximum atomic E-state index is 11.2. The van der Waals surface area contributed by atoms with E-state index in [2.05, 4.69) is 12.0 Å². The Morgan fingerprint density at radius 1 is 1.19 bits per heavy atom. The molecule has 0 spiro atoms. The molecule has 4 nitrogen and oxygen atoms in total. The van der Waals surface area contributed by atoms with E-state index in [1.54, 1.807) is 0 Å². The van der Waals surface area contributed by atoms with Crippen LogP contribution in [0.4, 0.5) is 0 Å². The van der Waals surface area contributed by atoms with Gasteiger partial charge in [-0.1, -0.05) is 31.9 Å². The lowest BCUT2D eigenvalue weighted by Gasteiger charge is -2.08. The van der Waals surface area contributed by atoms with Crippen LogP contribution in [0, 0.1) is 13.8 Å². The maximum absolute atomic E-state index is 11.2. The number of hydrogen-bond acceptors (Lipinski definition) is 2. The summed E-state index contributed by atoms with van der Waals surface area (Å²) in [6.45, 7) is 6.79.